The second-order valence-corrected chi connectivity index (χ2v) is 6.21. The lowest BCUT2D eigenvalue weighted by Gasteiger charge is -2.17. The van der Waals surface area contributed by atoms with Crippen LogP contribution in [0.2, 0.25) is 0 Å². The van der Waals surface area contributed by atoms with Crippen molar-refractivity contribution in [2.24, 2.45) is 0 Å². The highest BCUT2D eigenvalue weighted by atomic mass is 16.2. The van der Waals surface area contributed by atoms with E-state index in [-0.39, 0.29) is 24.8 Å². The third kappa shape index (κ3) is 4.39. The molecule has 1 aromatic rings. The second-order valence-electron chi connectivity index (χ2n) is 6.21. The molecule has 1 aromatic carbocycles. The number of carbonyl (C=O) groups is 2. The van der Waals surface area contributed by atoms with Crippen molar-refractivity contribution in [3.05, 3.63) is 34.4 Å². The van der Waals surface area contributed by atoms with Crippen LogP contribution in [-0.2, 0) is 4.79 Å². The quantitative estimate of drug-likeness (QED) is 0.815. The molecule has 1 aliphatic rings. The van der Waals surface area contributed by atoms with Gasteiger partial charge in [-0.3, -0.25) is 14.5 Å². The Morgan fingerprint density at radius 3 is 2.24 bits per heavy atom. The zero-order valence-electron chi connectivity index (χ0n) is 13.3. The Labute approximate surface area is 126 Å². The standard InChI is InChI=1S/C17H24N2O2/c1-11-7-12(2)17(13(3)8-11)15(20)9-19(4)10-16(21)18-14-5-6-14/h7-8,14H,5-6,9-10H2,1-4H3,(H,18,21). The van der Waals surface area contributed by atoms with E-state index < -0.39 is 0 Å². The van der Waals surface area contributed by atoms with E-state index >= 15 is 0 Å². The fraction of sp³-hybridized carbons (Fsp3) is 0.529. The lowest BCUT2D eigenvalue weighted by Crippen LogP contribution is -2.38. The first-order valence-corrected chi connectivity index (χ1v) is 7.45. The summed E-state index contributed by atoms with van der Waals surface area (Å²) in [5.74, 6) is 0.0804. The molecule has 0 radical (unpaired) electrons. The molecule has 2 rings (SSSR count). The molecular formula is C17H24N2O2. The Balaban J connectivity index is 1.95. The molecule has 1 aliphatic carbocycles. The van der Waals surface area contributed by atoms with E-state index in [1.54, 1.807) is 4.90 Å². The summed E-state index contributed by atoms with van der Waals surface area (Å²) in [6.45, 7) is 6.50. The number of aryl methyl sites for hydroxylation is 3. The Morgan fingerprint density at radius 2 is 1.71 bits per heavy atom. The molecular weight excluding hydrogens is 264 g/mol. The lowest BCUT2D eigenvalue weighted by atomic mass is 9.96. The molecule has 0 atom stereocenters. The second kappa shape index (κ2) is 6.39. The Morgan fingerprint density at radius 1 is 1.14 bits per heavy atom. The van der Waals surface area contributed by atoms with Crippen molar-refractivity contribution in [2.45, 2.75) is 39.7 Å². The maximum Gasteiger partial charge on any atom is 0.234 e. The predicted molar refractivity (Wildman–Crippen MR) is 83.6 cm³/mol. The van der Waals surface area contributed by atoms with Crippen LogP contribution >= 0.6 is 0 Å². The Bertz CT molecular complexity index is 539. The molecule has 0 heterocycles. The van der Waals surface area contributed by atoms with E-state index in [2.05, 4.69) is 5.32 Å². The smallest absolute Gasteiger partial charge is 0.234 e. The minimum atomic E-state index is 0.00477. The summed E-state index contributed by atoms with van der Waals surface area (Å²) in [6, 6.07) is 4.42. The predicted octanol–water partition coefficient (Wildman–Crippen LogP) is 2.00. The minimum Gasteiger partial charge on any atom is -0.352 e. The summed E-state index contributed by atoms with van der Waals surface area (Å²) < 4.78 is 0. The van der Waals surface area contributed by atoms with Crippen molar-refractivity contribution >= 4 is 11.7 Å². The van der Waals surface area contributed by atoms with Crippen molar-refractivity contribution in [2.75, 3.05) is 20.1 Å². The number of benzene rings is 1. The van der Waals surface area contributed by atoms with Crippen molar-refractivity contribution in [1.29, 1.82) is 0 Å². The van der Waals surface area contributed by atoms with Gasteiger partial charge in [-0.25, -0.2) is 0 Å². The number of hydrogen-bond donors (Lipinski definition) is 1. The number of ketones is 1. The highest BCUT2D eigenvalue weighted by Gasteiger charge is 2.24. The van der Waals surface area contributed by atoms with E-state index in [0.717, 1.165) is 29.5 Å². The average Bonchev–Trinajstić information content (AvgIpc) is 3.10. The van der Waals surface area contributed by atoms with E-state index in [1.165, 1.54) is 5.56 Å². The molecule has 0 aliphatic heterocycles. The van der Waals surface area contributed by atoms with Gasteiger partial charge in [0.15, 0.2) is 5.78 Å². The first-order chi connectivity index (χ1) is 9.86. The highest BCUT2D eigenvalue weighted by molar-refractivity contribution is 6.00. The van der Waals surface area contributed by atoms with Crippen molar-refractivity contribution < 1.29 is 9.59 Å². The first-order valence-electron chi connectivity index (χ1n) is 7.45. The first kappa shape index (κ1) is 15.7. The van der Waals surface area contributed by atoms with Crippen LogP contribution in [-0.4, -0.2) is 42.8 Å². The highest BCUT2D eigenvalue weighted by Crippen LogP contribution is 2.19. The topological polar surface area (TPSA) is 49.4 Å². The van der Waals surface area contributed by atoms with Gasteiger partial charge in [0.05, 0.1) is 13.1 Å². The minimum absolute atomic E-state index is 0.00477. The van der Waals surface area contributed by atoms with E-state index in [4.69, 9.17) is 0 Å². The molecule has 1 fully saturated rings. The molecule has 0 saturated heterocycles. The monoisotopic (exact) mass is 288 g/mol. The molecule has 1 N–H and O–H groups in total. The van der Waals surface area contributed by atoms with Gasteiger partial charge in [0.25, 0.3) is 0 Å². The zero-order chi connectivity index (χ0) is 15.6. The summed E-state index contributed by atoms with van der Waals surface area (Å²) in [5.41, 5.74) is 3.97. The molecule has 114 valence electrons. The van der Waals surface area contributed by atoms with Gasteiger partial charge in [-0.1, -0.05) is 17.7 Å². The maximum atomic E-state index is 12.5. The SMILES string of the molecule is Cc1cc(C)c(C(=O)CN(C)CC(=O)NC2CC2)c(C)c1. The molecule has 1 saturated carbocycles. The molecule has 4 nitrogen and oxygen atoms in total. The number of Topliss-reactive ketones (excluding diaryl/α,β-unsaturated/α-hetero) is 1. The fourth-order valence-electron chi connectivity index (χ4n) is 2.75. The Kier molecular flexibility index (Phi) is 4.78. The average molecular weight is 288 g/mol. The van der Waals surface area contributed by atoms with Crippen molar-refractivity contribution in [3.8, 4) is 0 Å². The molecule has 0 unspecified atom stereocenters. The largest absolute Gasteiger partial charge is 0.352 e. The number of hydrogen-bond acceptors (Lipinski definition) is 3. The van der Waals surface area contributed by atoms with Gasteiger partial charge in [-0.2, -0.15) is 0 Å². The maximum absolute atomic E-state index is 12.5. The van der Waals surface area contributed by atoms with Gasteiger partial charge < -0.3 is 5.32 Å². The van der Waals surface area contributed by atoms with Gasteiger partial charge in [-0.15, -0.1) is 0 Å². The van der Waals surface area contributed by atoms with Gasteiger partial charge in [0.1, 0.15) is 0 Å². The van der Waals surface area contributed by atoms with Crippen LogP contribution in [0.3, 0.4) is 0 Å². The lowest BCUT2D eigenvalue weighted by molar-refractivity contribution is -0.121. The molecule has 0 spiro atoms. The van der Waals surface area contributed by atoms with Crippen molar-refractivity contribution in [3.63, 3.8) is 0 Å². The summed E-state index contributed by atoms with van der Waals surface area (Å²) >= 11 is 0. The van der Waals surface area contributed by atoms with Crippen LogP contribution in [0.5, 0.6) is 0 Å². The molecule has 0 aromatic heterocycles. The van der Waals surface area contributed by atoms with Crippen molar-refractivity contribution in [1.82, 2.24) is 10.2 Å². The zero-order valence-corrected chi connectivity index (χ0v) is 13.3. The molecule has 0 bridgehead atoms. The number of rotatable bonds is 6. The fourth-order valence-corrected chi connectivity index (χ4v) is 2.75. The summed E-state index contributed by atoms with van der Waals surface area (Å²) in [7, 11) is 1.81. The summed E-state index contributed by atoms with van der Waals surface area (Å²) in [4.78, 5) is 26.0. The number of nitrogens with one attached hydrogen (secondary N) is 1. The summed E-state index contributed by atoms with van der Waals surface area (Å²) in [6.07, 6.45) is 2.16. The van der Waals surface area contributed by atoms with Gasteiger partial charge in [0, 0.05) is 11.6 Å². The van der Waals surface area contributed by atoms with E-state index in [1.807, 2.05) is 40.0 Å². The molecule has 1 amide bonds. The normalized spacial score (nSPS) is 14.3. The summed E-state index contributed by atoms with van der Waals surface area (Å²) in [5, 5.41) is 2.94. The van der Waals surface area contributed by atoms with E-state index in [9.17, 15) is 9.59 Å². The van der Waals surface area contributed by atoms with Gasteiger partial charge in [-0.05, 0) is 51.8 Å². The third-order valence-electron chi connectivity index (χ3n) is 3.73. The van der Waals surface area contributed by atoms with Gasteiger partial charge in [0.2, 0.25) is 5.91 Å². The van der Waals surface area contributed by atoms with Gasteiger partial charge >= 0.3 is 0 Å². The molecule has 4 heteroatoms. The number of amides is 1. The number of carbonyl (C=O) groups excluding carboxylic acids is 2. The number of nitrogens with zero attached hydrogens (tertiary/aromatic N) is 1. The van der Waals surface area contributed by atoms with Crippen LogP contribution < -0.4 is 5.32 Å². The molecule has 21 heavy (non-hydrogen) atoms. The van der Waals surface area contributed by atoms with Crippen LogP contribution in [0.25, 0.3) is 0 Å². The number of likely N-dealkylation sites (N-methyl/N-ethyl adjacent to an activating group) is 1. The van der Waals surface area contributed by atoms with Crippen LogP contribution in [0.15, 0.2) is 12.1 Å². The van der Waals surface area contributed by atoms with Crippen LogP contribution in [0.1, 0.15) is 39.9 Å². The van der Waals surface area contributed by atoms with Crippen LogP contribution in [0, 0.1) is 20.8 Å². The Hall–Kier alpha value is -1.68. The third-order valence-corrected chi connectivity index (χ3v) is 3.73. The van der Waals surface area contributed by atoms with E-state index in [0.29, 0.717) is 6.04 Å². The van der Waals surface area contributed by atoms with Crippen LogP contribution in [0.4, 0.5) is 0 Å².